The first kappa shape index (κ1) is 10.6. The van der Waals surface area contributed by atoms with E-state index >= 15 is 0 Å². The minimum Gasteiger partial charge on any atom is -0.496 e. The van der Waals surface area contributed by atoms with Gasteiger partial charge in [0.05, 0.1) is 18.0 Å². The van der Waals surface area contributed by atoms with Crippen LogP contribution >= 0.6 is 0 Å². The van der Waals surface area contributed by atoms with Crippen molar-refractivity contribution in [2.75, 3.05) is 7.11 Å². The molecule has 0 unspecified atom stereocenters. The van der Waals surface area contributed by atoms with E-state index in [1.807, 2.05) is 24.3 Å². The molecule has 0 saturated heterocycles. The highest BCUT2D eigenvalue weighted by Crippen LogP contribution is 2.39. The predicted octanol–water partition coefficient (Wildman–Crippen LogP) is 3.39. The minimum absolute atomic E-state index is 0.225. The molecule has 19 heavy (non-hydrogen) atoms. The predicted molar refractivity (Wildman–Crippen MR) is 74.9 cm³/mol. The summed E-state index contributed by atoms with van der Waals surface area (Å²) >= 11 is 0. The molecule has 3 aromatic rings. The van der Waals surface area contributed by atoms with Gasteiger partial charge in [0.1, 0.15) is 5.75 Å². The van der Waals surface area contributed by atoms with Crippen LogP contribution in [0.3, 0.4) is 0 Å². The molecular formula is C16H13NO2. The van der Waals surface area contributed by atoms with E-state index in [4.69, 9.17) is 4.74 Å². The van der Waals surface area contributed by atoms with Crippen LogP contribution in [0.4, 0.5) is 0 Å². The number of aromatic nitrogens is 1. The molecule has 0 aliphatic carbocycles. The maximum Gasteiger partial charge on any atom is 0.166 e. The molecule has 0 bridgehead atoms. The van der Waals surface area contributed by atoms with Gasteiger partial charge in [-0.2, -0.15) is 0 Å². The van der Waals surface area contributed by atoms with Gasteiger partial charge in [-0.3, -0.25) is 4.79 Å². The van der Waals surface area contributed by atoms with Crippen LogP contribution in [0.2, 0.25) is 0 Å². The van der Waals surface area contributed by atoms with Gasteiger partial charge in [0.25, 0.3) is 0 Å². The quantitative estimate of drug-likeness (QED) is 0.663. The number of nitrogens with zero attached hydrogens (tertiary/aromatic N) is 1. The Balaban J connectivity index is 2.33. The number of methoxy groups -OCH3 is 1. The fourth-order valence-corrected chi connectivity index (χ4v) is 3.13. The van der Waals surface area contributed by atoms with Gasteiger partial charge in [-0.25, -0.2) is 0 Å². The second kappa shape index (κ2) is 3.60. The average Bonchev–Trinajstić information content (AvgIpc) is 2.79. The largest absolute Gasteiger partial charge is 0.496 e. The highest BCUT2D eigenvalue weighted by Gasteiger charge is 2.24. The van der Waals surface area contributed by atoms with Crippen molar-refractivity contribution in [3.05, 3.63) is 42.0 Å². The average molecular weight is 251 g/mol. The topological polar surface area (TPSA) is 31.2 Å². The van der Waals surface area contributed by atoms with Gasteiger partial charge in [0.15, 0.2) is 5.78 Å². The molecule has 0 N–H and O–H groups in total. The molecule has 0 atom stereocenters. The molecule has 1 aliphatic heterocycles. The molecule has 94 valence electrons. The van der Waals surface area contributed by atoms with Gasteiger partial charge in [0.2, 0.25) is 0 Å². The summed E-state index contributed by atoms with van der Waals surface area (Å²) in [4.78, 5) is 12.1. The minimum atomic E-state index is 0.225. The number of ketones is 1. The third-order valence-electron chi connectivity index (χ3n) is 3.96. The number of Topliss-reactive ketones (excluding diaryl/α,β-unsaturated/α-hetero) is 1. The summed E-state index contributed by atoms with van der Waals surface area (Å²) in [7, 11) is 1.67. The zero-order valence-corrected chi connectivity index (χ0v) is 10.6. The number of fused-ring (bicyclic) bond motifs is 3. The molecule has 2 aromatic carbocycles. The van der Waals surface area contributed by atoms with E-state index in [9.17, 15) is 4.79 Å². The van der Waals surface area contributed by atoms with Crippen LogP contribution < -0.4 is 4.74 Å². The van der Waals surface area contributed by atoms with Gasteiger partial charge in [-0.1, -0.05) is 18.2 Å². The number of carbonyl (C=O) groups excluding carboxylic acids is 1. The van der Waals surface area contributed by atoms with E-state index < -0.39 is 0 Å². The van der Waals surface area contributed by atoms with Gasteiger partial charge < -0.3 is 9.30 Å². The van der Waals surface area contributed by atoms with Gasteiger partial charge >= 0.3 is 0 Å². The van der Waals surface area contributed by atoms with Crippen LogP contribution in [-0.2, 0) is 6.54 Å². The summed E-state index contributed by atoms with van der Waals surface area (Å²) in [5, 5.41) is 2.22. The van der Waals surface area contributed by atoms with Crippen molar-refractivity contribution in [2.45, 2.75) is 13.0 Å². The molecule has 2 heterocycles. The van der Waals surface area contributed by atoms with Crippen LogP contribution in [0.15, 0.2) is 36.4 Å². The molecule has 0 fully saturated rings. The zero-order valence-electron chi connectivity index (χ0n) is 10.6. The monoisotopic (exact) mass is 251 g/mol. The van der Waals surface area contributed by atoms with Crippen molar-refractivity contribution in [1.29, 1.82) is 0 Å². The number of carbonyl (C=O) groups is 1. The Hall–Kier alpha value is -2.29. The van der Waals surface area contributed by atoms with E-state index in [0.29, 0.717) is 6.42 Å². The first-order chi connectivity index (χ1) is 9.31. The molecule has 0 radical (unpaired) electrons. The SMILES string of the molecule is COc1ccc2c3c1c1ccccc1n3CCC2=O. The molecule has 3 nitrogen and oxygen atoms in total. The number of hydrogen-bond acceptors (Lipinski definition) is 2. The van der Waals surface area contributed by atoms with E-state index in [2.05, 4.69) is 16.7 Å². The highest BCUT2D eigenvalue weighted by atomic mass is 16.5. The third-order valence-corrected chi connectivity index (χ3v) is 3.96. The van der Waals surface area contributed by atoms with Crippen molar-refractivity contribution in [3.63, 3.8) is 0 Å². The molecule has 0 saturated carbocycles. The maximum absolute atomic E-state index is 12.1. The second-order valence-corrected chi connectivity index (χ2v) is 4.88. The lowest BCUT2D eigenvalue weighted by Gasteiger charge is -2.16. The van der Waals surface area contributed by atoms with Gasteiger partial charge in [-0.05, 0) is 18.2 Å². The lowest BCUT2D eigenvalue weighted by atomic mass is 10.0. The van der Waals surface area contributed by atoms with Crippen LogP contribution in [0, 0.1) is 0 Å². The fourth-order valence-electron chi connectivity index (χ4n) is 3.13. The first-order valence-electron chi connectivity index (χ1n) is 6.42. The summed E-state index contributed by atoms with van der Waals surface area (Å²) in [6.07, 6.45) is 0.576. The number of benzene rings is 2. The molecule has 0 amide bonds. The molecular weight excluding hydrogens is 238 g/mol. The summed E-state index contributed by atoms with van der Waals surface area (Å²) in [6.45, 7) is 0.753. The van der Waals surface area contributed by atoms with Crippen molar-refractivity contribution in [1.82, 2.24) is 4.57 Å². The van der Waals surface area contributed by atoms with E-state index in [1.165, 1.54) is 5.52 Å². The van der Waals surface area contributed by atoms with Crippen molar-refractivity contribution >= 4 is 27.6 Å². The number of para-hydroxylation sites is 1. The standard InChI is InChI=1S/C16H13NO2/c1-19-14-7-6-11-13(18)8-9-17-12-5-3-2-4-10(12)15(14)16(11)17/h2-7H,8-9H2,1H3. The Labute approximate surface area is 110 Å². The Kier molecular flexibility index (Phi) is 2.01. The lowest BCUT2D eigenvalue weighted by molar-refractivity contribution is 0.0974. The van der Waals surface area contributed by atoms with Crippen LogP contribution in [0.5, 0.6) is 5.75 Å². The molecule has 0 spiro atoms. The zero-order chi connectivity index (χ0) is 13.0. The normalized spacial score (nSPS) is 14.3. The van der Waals surface area contributed by atoms with Gasteiger partial charge in [0, 0.05) is 29.4 Å². The molecule has 1 aliphatic rings. The van der Waals surface area contributed by atoms with Crippen molar-refractivity contribution in [3.8, 4) is 5.75 Å². The van der Waals surface area contributed by atoms with Crippen LogP contribution in [0.25, 0.3) is 21.8 Å². The van der Waals surface area contributed by atoms with Crippen LogP contribution in [-0.4, -0.2) is 17.5 Å². The highest BCUT2D eigenvalue weighted by molar-refractivity contribution is 6.19. The van der Waals surface area contributed by atoms with E-state index in [1.54, 1.807) is 7.11 Å². The summed E-state index contributed by atoms with van der Waals surface area (Å²) in [5.74, 6) is 1.06. The second-order valence-electron chi connectivity index (χ2n) is 4.88. The van der Waals surface area contributed by atoms with Crippen LogP contribution in [0.1, 0.15) is 16.8 Å². The Morgan fingerprint density at radius 1 is 1.16 bits per heavy atom. The molecule has 4 rings (SSSR count). The van der Waals surface area contributed by atoms with E-state index in [0.717, 1.165) is 34.1 Å². The fraction of sp³-hybridized carbons (Fsp3) is 0.188. The smallest absolute Gasteiger partial charge is 0.166 e. The number of hydrogen-bond donors (Lipinski definition) is 0. The van der Waals surface area contributed by atoms with Gasteiger partial charge in [-0.15, -0.1) is 0 Å². The lowest BCUT2D eigenvalue weighted by Crippen LogP contribution is -2.13. The summed E-state index contributed by atoms with van der Waals surface area (Å²) in [6, 6.07) is 12.0. The Morgan fingerprint density at radius 2 is 2.00 bits per heavy atom. The number of ether oxygens (including phenoxy) is 1. The molecule has 3 heteroatoms. The third kappa shape index (κ3) is 1.24. The molecule has 1 aromatic heterocycles. The summed E-state index contributed by atoms with van der Waals surface area (Å²) in [5.41, 5.74) is 3.02. The Morgan fingerprint density at radius 3 is 2.84 bits per heavy atom. The van der Waals surface area contributed by atoms with E-state index in [-0.39, 0.29) is 5.78 Å². The van der Waals surface area contributed by atoms with Crippen molar-refractivity contribution in [2.24, 2.45) is 0 Å². The number of rotatable bonds is 1. The summed E-state index contributed by atoms with van der Waals surface area (Å²) < 4.78 is 7.72. The maximum atomic E-state index is 12.1. The Bertz CT molecular complexity index is 829. The van der Waals surface area contributed by atoms with Crippen molar-refractivity contribution < 1.29 is 9.53 Å². The number of aryl methyl sites for hydroxylation is 1. The first-order valence-corrected chi connectivity index (χ1v) is 6.42.